The van der Waals surface area contributed by atoms with Gasteiger partial charge < -0.3 is 10.1 Å². The van der Waals surface area contributed by atoms with Crippen molar-refractivity contribution >= 4 is 33.2 Å². The molecule has 0 atom stereocenters. The molecule has 0 bridgehead atoms. The van der Waals surface area contributed by atoms with E-state index in [4.69, 9.17) is 16.3 Å². The second-order valence-corrected chi connectivity index (χ2v) is 5.20. The molecule has 100 valence electrons. The van der Waals surface area contributed by atoms with Crippen molar-refractivity contribution in [2.75, 3.05) is 11.9 Å². The highest BCUT2D eigenvalue weighted by molar-refractivity contribution is 9.10. The number of rotatable bonds is 5. The van der Waals surface area contributed by atoms with E-state index in [1.165, 1.54) is 0 Å². The Morgan fingerprint density at radius 1 is 1.42 bits per heavy atom. The van der Waals surface area contributed by atoms with Crippen LogP contribution in [0.3, 0.4) is 0 Å². The van der Waals surface area contributed by atoms with E-state index in [2.05, 4.69) is 26.2 Å². The largest absolute Gasteiger partial charge is 0.491 e. The van der Waals surface area contributed by atoms with Gasteiger partial charge in [0, 0.05) is 24.0 Å². The van der Waals surface area contributed by atoms with Crippen LogP contribution in [0, 0.1) is 0 Å². The van der Waals surface area contributed by atoms with Crippen molar-refractivity contribution in [3.05, 3.63) is 51.7 Å². The van der Waals surface area contributed by atoms with E-state index in [1.54, 1.807) is 6.20 Å². The van der Waals surface area contributed by atoms with Gasteiger partial charge in [0.15, 0.2) is 5.75 Å². The van der Waals surface area contributed by atoms with Crippen LogP contribution in [0.2, 0.25) is 5.02 Å². The zero-order valence-corrected chi connectivity index (χ0v) is 12.8. The number of aromatic nitrogens is 1. The summed E-state index contributed by atoms with van der Waals surface area (Å²) in [4.78, 5) is 4.08. The standard InChI is InChI=1S/C14H14BrClN2O/c1-2-19-14-12(15)6-11(16)7-13(14)18-9-10-4-3-5-17-8-10/h3-8,18H,2,9H2,1H3. The number of hydrogen-bond acceptors (Lipinski definition) is 3. The molecule has 0 spiro atoms. The number of nitrogens with zero attached hydrogens (tertiary/aromatic N) is 1. The molecule has 1 aromatic heterocycles. The molecule has 0 unspecified atom stereocenters. The van der Waals surface area contributed by atoms with Crippen LogP contribution >= 0.6 is 27.5 Å². The first-order valence-electron chi connectivity index (χ1n) is 5.95. The third-order valence-corrected chi connectivity index (χ3v) is 3.31. The first-order valence-corrected chi connectivity index (χ1v) is 7.12. The monoisotopic (exact) mass is 340 g/mol. The number of pyridine rings is 1. The van der Waals surface area contributed by atoms with Crippen molar-refractivity contribution in [1.29, 1.82) is 0 Å². The topological polar surface area (TPSA) is 34.1 Å². The van der Waals surface area contributed by atoms with Crippen LogP contribution in [0.25, 0.3) is 0 Å². The minimum absolute atomic E-state index is 0.599. The van der Waals surface area contributed by atoms with Gasteiger partial charge in [-0.05, 0) is 46.6 Å². The maximum absolute atomic E-state index is 6.07. The Kier molecular flexibility index (Phi) is 5.05. The Hall–Kier alpha value is -1.26. The zero-order valence-electron chi connectivity index (χ0n) is 10.5. The van der Waals surface area contributed by atoms with Gasteiger partial charge in [0.2, 0.25) is 0 Å². The molecule has 0 aliphatic heterocycles. The molecular weight excluding hydrogens is 328 g/mol. The van der Waals surface area contributed by atoms with E-state index in [0.717, 1.165) is 21.5 Å². The lowest BCUT2D eigenvalue weighted by molar-refractivity contribution is 0.339. The van der Waals surface area contributed by atoms with E-state index < -0.39 is 0 Å². The first kappa shape index (κ1) is 14.2. The third kappa shape index (κ3) is 3.85. The second-order valence-electron chi connectivity index (χ2n) is 3.91. The van der Waals surface area contributed by atoms with Crippen LogP contribution in [-0.2, 0) is 6.54 Å². The summed E-state index contributed by atoms with van der Waals surface area (Å²) in [5.41, 5.74) is 1.96. The molecule has 0 aliphatic rings. The fraction of sp³-hybridized carbons (Fsp3) is 0.214. The van der Waals surface area contributed by atoms with Crippen molar-refractivity contribution < 1.29 is 4.74 Å². The van der Waals surface area contributed by atoms with Gasteiger partial charge in [-0.3, -0.25) is 4.98 Å². The quantitative estimate of drug-likeness (QED) is 0.869. The summed E-state index contributed by atoms with van der Waals surface area (Å²) < 4.78 is 6.47. The average Bonchev–Trinajstić information content (AvgIpc) is 2.41. The predicted molar refractivity (Wildman–Crippen MR) is 81.9 cm³/mol. The Labute approximate surface area is 126 Å². The van der Waals surface area contributed by atoms with Crippen molar-refractivity contribution in [2.45, 2.75) is 13.5 Å². The first-order chi connectivity index (χ1) is 9.20. The van der Waals surface area contributed by atoms with E-state index in [-0.39, 0.29) is 0 Å². The van der Waals surface area contributed by atoms with Gasteiger partial charge in [0.05, 0.1) is 16.8 Å². The SMILES string of the molecule is CCOc1c(Br)cc(Cl)cc1NCc1cccnc1. The molecule has 0 saturated heterocycles. The lowest BCUT2D eigenvalue weighted by Crippen LogP contribution is -2.03. The number of hydrogen-bond donors (Lipinski definition) is 1. The normalized spacial score (nSPS) is 10.3. The summed E-state index contributed by atoms with van der Waals surface area (Å²) in [6.45, 7) is 3.22. The predicted octanol–water partition coefficient (Wildman–Crippen LogP) is 4.51. The molecule has 3 nitrogen and oxygen atoms in total. The lowest BCUT2D eigenvalue weighted by atomic mass is 10.2. The number of ether oxygens (including phenoxy) is 1. The van der Waals surface area contributed by atoms with Crippen LogP contribution < -0.4 is 10.1 Å². The Bertz CT molecular complexity index is 549. The molecule has 0 saturated carbocycles. The van der Waals surface area contributed by atoms with E-state index in [0.29, 0.717) is 18.2 Å². The Morgan fingerprint density at radius 2 is 2.26 bits per heavy atom. The fourth-order valence-electron chi connectivity index (χ4n) is 1.68. The Balaban J connectivity index is 2.19. The highest BCUT2D eigenvalue weighted by atomic mass is 79.9. The van der Waals surface area contributed by atoms with Crippen molar-refractivity contribution in [1.82, 2.24) is 4.98 Å². The van der Waals surface area contributed by atoms with Gasteiger partial charge in [-0.25, -0.2) is 0 Å². The summed E-state index contributed by atoms with van der Waals surface area (Å²) in [6.07, 6.45) is 3.58. The number of halogens is 2. The zero-order chi connectivity index (χ0) is 13.7. The van der Waals surface area contributed by atoms with Gasteiger partial charge in [-0.2, -0.15) is 0 Å². The van der Waals surface area contributed by atoms with Crippen LogP contribution in [0.15, 0.2) is 41.1 Å². The number of benzene rings is 1. The molecule has 0 amide bonds. The maximum atomic E-state index is 6.07. The minimum Gasteiger partial charge on any atom is -0.491 e. The summed E-state index contributed by atoms with van der Waals surface area (Å²) >= 11 is 9.53. The molecule has 1 N–H and O–H groups in total. The van der Waals surface area contributed by atoms with E-state index >= 15 is 0 Å². The summed E-state index contributed by atoms with van der Waals surface area (Å²) in [5.74, 6) is 0.774. The highest BCUT2D eigenvalue weighted by Gasteiger charge is 2.09. The van der Waals surface area contributed by atoms with E-state index in [1.807, 2.05) is 37.4 Å². The molecule has 0 fully saturated rings. The van der Waals surface area contributed by atoms with Crippen LogP contribution in [0.4, 0.5) is 5.69 Å². The summed E-state index contributed by atoms with van der Waals surface area (Å²) in [6, 6.07) is 7.60. The maximum Gasteiger partial charge on any atom is 0.156 e. The van der Waals surface area contributed by atoms with E-state index in [9.17, 15) is 0 Å². The number of anilines is 1. The third-order valence-electron chi connectivity index (χ3n) is 2.50. The molecule has 0 aliphatic carbocycles. The molecule has 1 heterocycles. The minimum atomic E-state index is 0.599. The highest BCUT2D eigenvalue weighted by Crippen LogP contribution is 2.36. The van der Waals surface area contributed by atoms with Crippen molar-refractivity contribution in [3.8, 4) is 5.75 Å². The average molecular weight is 342 g/mol. The van der Waals surface area contributed by atoms with Gasteiger partial charge in [0.25, 0.3) is 0 Å². The Morgan fingerprint density at radius 3 is 2.95 bits per heavy atom. The van der Waals surface area contributed by atoms with Crippen LogP contribution in [-0.4, -0.2) is 11.6 Å². The van der Waals surface area contributed by atoms with Gasteiger partial charge in [-0.1, -0.05) is 17.7 Å². The van der Waals surface area contributed by atoms with Gasteiger partial charge in [0.1, 0.15) is 0 Å². The van der Waals surface area contributed by atoms with Crippen molar-refractivity contribution in [2.24, 2.45) is 0 Å². The van der Waals surface area contributed by atoms with Gasteiger partial charge in [-0.15, -0.1) is 0 Å². The number of nitrogens with one attached hydrogen (secondary N) is 1. The summed E-state index contributed by atoms with van der Waals surface area (Å²) in [5, 5.41) is 3.97. The molecule has 2 rings (SSSR count). The van der Waals surface area contributed by atoms with Crippen molar-refractivity contribution in [3.63, 3.8) is 0 Å². The lowest BCUT2D eigenvalue weighted by Gasteiger charge is -2.14. The van der Waals surface area contributed by atoms with Gasteiger partial charge >= 0.3 is 0 Å². The molecule has 19 heavy (non-hydrogen) atoms. The fourth-order valence-corrected chi connectivity index (χ4v) is 2.61. The second kappa shape index (κ2) is 6.78. The van der Waals surface area contributed by atoms with Crippen LogP contribution in [0.5, 0.6) is 5.75 Å². The molecule has 5 heteroatoms. The molecule has 2 aromatic rings. The van der Waals surface area contributed by atoms with Crippen LogP contribution in [0.1, 0.15) is 12.5 Å². The smallest absolute Gasteiger partial charge is 0.156 e. The molecule has 0 radical (unpaired) electrons. The molecule has 1 aromatic carbocycles. The molecular formula is C14H14BrClN2O. The summed E-state index contributed by atoms with van der Waals surface area (Å²) in [7, 11) is 0.